The summed E-state index contributed by atoms with van der Waals surface area (Å²) in [5.41, 5.74) is 6.06. The maximum atomic E-state index is 12.9. The molecule has 21 heavy (non-hydrogen) atoms. The van der Waals surface area contributed by atoms with Crippen LogP contribution in [-0.2, 0) is 10.0 Å². The molecule has 3 heterocycles. The Labute approximate surface area is 127 Å². The summed E-state index contributed by atoms with van der Waals surface area (Å²) in [5.74, 6) is 2.19. The third-order valence-electron chi connectivity index (χ3n) is 6.22. The molecule has 3 saturated heterocycles. The van der Waals surface area contributed by atoms with Gasteiger partial charge >= 0.3 is 0 Å². The van der Waals surface area contributed by atoms with Crippen LogP contribution in [0.4, 0.5) is 0 Å². The quantitative estimate of drug-likeness (QED) is 0.796. The number of nitrogens with zero attached hydrogens (tertiary/aromatic N) is 1. The fraction of sp³-hybridized carbons (Fsp3) is 1.00. The molecular formula is C15H27N3O2S. The maximum Gasteiger partial charge on any atom is 0.214 e. The van der Waals surface area contributed by atoms with Crippen molar-refractivity contribution < 1.29 is 8.42 Å². The van der Waals surface area contributed by atoms with E-state index in [0.717, 1.165) is 63.5 Å². The van der Waals surface area contributed by atoms with Crippen LogP contribution in [0, 0.1) is 17.8 Å². The van der Waals surface area contributed by atoms with E-state index in [2.05, 4.69) is 5.32 Å². The Morgan fingerprint density at radius 3 is 2.14 bits per heavy atom. The predicted octanol–water partition coefficient (Wildman–Crippen LogP) is 0.516. The van der Waals surface area contributed by atoms with Gasteiger partial charge in [-0.1, -0.05) is 0 Å². The summed E-state index contributed by atoms with van der Waals surface area (Å²) in [4.78, 5) is 0. The van der Waals surface area contributed by atoms with Crippen molar-refractivity contribution in [2.24, 2.45) is 23.5 Å². The van der Waals surface area contributed by atoms with Crippen molar-refractivity contribution in [1.29, 1.82) is 0 Å². The molecule has 4 aliphatic rings. The smallest absolute Gasteiger partial charge is 0.214 e. The molecule has 4 fully saturated rings. The van der Waals surface area contributed by atoms with Gasteiger partial charge in [0.2, 0.25) is 10.0 Å². The lowest BCUT2D eigenvalue weighted by Crippen LogP contribution is -2.51. The zero-order valence-corrected chi connectivity index (χ0v) is 13.4. The van der Waals surface area contributed by atoms with Gasteiger partial charge in [0.1, 0.15) is 0 Å². The van der Waals surface area contributed by atoms with Crippen molar-refractivity contribution in [2.75, 3.05) is 18.8 Å². The molecule has 0 amide bonds. The summed E-state index contributed by atoms with van der Waals surface area (Å²) in [5, 5.41) is 3.43. The second-order valence-corrected chi connectivity index (χ2v) is 9.66. The molecule has 2 bridgehead atoms. The maximum absolute atomic E-state index is 12.9. The summed E-state index contributed by atoms with van der Waals surface area (Å²) in [6.07, 6.45) is 5.93. The minimum Gasteiger partial charge on any atom is -0.328 e. The molecular weight excluding hydrogens is 286 g/mol. The molecule has 0 aromatic heterocycles. The lowest BCUT2D eigenvalue weighted by molar-refractivity contribution is 0.226. The van der Waals surface area contributed by atoms with E-state index in [1.54, 1.807) is 0 Å². The average molecular weight is 313 g/mol. The number of nitrogens with two attached hydrogens (primary N) is 1. The Kier molecular flexibility index (Phi) is 3.56. The van der Waals surface area contributed by atoms with E-state index >= 15 is 0 Å². The summed E-state index contributed by atoms with van der Waals surface area (Å²) < 4.78 is 27.7. The van der Waals surface area contributed by atoms with Crippen LogP contribution in [0.25, 0.3) is 0 Å². The number of rotatable bonds is 3. The molecule has 0 spiro atoms. The van der Waals surface area contributed by atoms with Crippen LogP contribution in [0.5, 0.6) is 0 Å². The van der Waals surface area contributed by atoms with Gasteiger partial charge < -0.3 is 11.1 Å². The highest BCUT2D eigenvalue weighted by molar-refractivity contribution is 7.89. The van der Waals surface area contributed by atoms with Gasteiger partial charge in [0.25, 0.3) is 0 Å². The van der Waals surface area contributed by atoms with E-state index in [0.29, 0.717) is 11.7 Å². The lowest BCUT2D eigenvalue weighted by atomic mass is 10.0. The first-order valence-corrected chi connectivity index (χ1v) is 10.1. The molecule has 6 heteroatoms. The van der Waals surface area contributed by atoms with Gasteiger partial charge in [-0.3, -0.25) is 0 Å². The van der Waals surface area contributed by atoms with E-state index in [4.69, 9.17) is 5.73 Å². The number of nitrogens with one attached hydrogen (secondary N) is 1. The van der Waals surface area contributed by atoms with Gasteiger partial charge in [-0.25, -0.2) is 8.42 Å². The van der Waals surface area contributed by atoms with Crippen molar-refractivity contribution in [2.45, 2.75) is 56.7 Å². The highest BCUT2D eigenvalue weighted by Crippen LogP contribution is 2.42. The van der Waals surface area contributed by atoms with Crippen LogP contribution in [0.1, 0.15) is 38.5 Å². The van der Waals surface area contributed by atoms with E-state index in [1.807, 2.05) is 4.31 Å². The van der Waals surface area contributed by atoms with Crippen molar-refractivity contribution in [3.63, 3.8) is 0 Å². The molecule has 0 aromatic carbocycles. The van der Waals surface area contributed by atoms with Gasteiger partial charge in [0.05, 0.1) is 5.75 Å². The Bertz CT molecular complexity index is 483. The molecule has 2 unspecified atom stereocenters. The number of hydrogen-bond donors (Lipinski definition) is 2. The third-order valence-corrected chi connectivity index (χ3v) is 8.35. The standard InChI is InChI=1S/C15H27N3O2S/c16-13-5-14-1-2-15(6-13)18(14)21(19,20)9-10-3-11-7-17-8-12(11)4-10/h10-15,17H,1-9,16H2/t10?,11-,12+,13?,14-,15+. The monoisotopic (exact) mass is 313 g/mol. The van der Waals surface area contributed by atoms with Gasteiger partial charge in [-0.2, -0.15) is 4.31 Å². The van der Waals surface area contributed by atoms with Crippen LogP contribution >= 0.6 is 0 Å². The highest BCUT2D eigenvalue weighted by atomic mass is 32.2. The zero-order valence-electron chi connectivity index (χ0n) is 12.6. The van der Waals surface area contributed by atoms with Gasteiger partial charge in [0, 0.05) is 18.1 Å². The average Bonchev–Trinajstić information content (AvgIpc) is 3.01. The van der Waals surface area contributed by atoms with Crippen molar-refractivity contribution in [3.8, 4) is 0 Å². The summed E-state index contributed by atoms with van der Waals surface area (Å²) >= 11 is 0. The van der Waals surface area contributed by atoms with Crippen molar-refractivity contribution >= 4 is 10.0 Å². The van der Waals surface area contributed by atoms with E-state index in [-0.39, 0.29) is 18.1 Å². The van der Waals surface area contributed by atoms with Crippen molar-refractivity contribution in [3.05, 3.63) is 0 Å². The normalized spacial score (nSPS) is 46.9. The van der Waals surface area contributed by atoms with Crippen LogP contribution in [0.3, 0.4) is 0 Å². The SMILES string of the molecule is NC1C[C@H]2CC[C@@H](C1)N2S(=O)(=O)CC1C[C@H]2CNC[C@H]2C1. The number of hydrogen-bond acceptors (Lipinski definition) is 4. The van der Waals surface area contributed by atoms with Gasteiger partial charge in [-0.15, -0.1) is 0 Å². The van der Waals surface area contributed by atoms with Gasteiger partial charge in [-0.05, 0) is 69.4 Å². The first kappa shape index (κ1) is 14.4. The van der Waals surface area contributed by atoms with Gasteiger partial charge in [0.15, 0.2) is 0 Å². The van der Waals surface area contributed by atoms with Crippen LogP contribution < -0.4 is 11.1 Å². The molecule has 5 nitrogen and oxygen atoms in total. The lowest BCUT2D eigenvalue weighted by Gasteiger charge is -2.37. The number of piperidine rings is 1. The fourth-order valence-electron chi connectivity index (χ4n) is 5.44. The van der Waals surface area contributed by atoms with Crippen molar-refractivity contribution in [1.82, 2.24) is 9.62 Å². The minimum absolute atomic E-state index is 0.186. The minimum atomic E-state index is -3.10. The second kappa shape index (κ2) is 5.18. The van der Waals surface area contributed by atoms with Crippen LogP contribution in [0.2, 0.25) is 0 Å². The highest BCUT2D eigenvalue weighted by Gasteiger charge is 2.47. The molecule has 3 aliphatic heterocycles. The zero-order chi connectivity index (χ0) is 14.6. The molecule has 1 saturated carbocycles. The molecule has 120 valence electrons. The molecule has 3 N–H and O–H groups in total. The van der Waals surface area contributed by atoms with Crippen LogP contribution in [0.15, 0.2) is 0 Å². The Morgan fingerprint density at radius 1 is 1.00 bits per heavy atom. The van der Waals surface area contributed by atoms with E-state index in [9.17, 15) is 8.42 Å². The van der Waals surface area contributed by atoms with Crippen LogP contribution in [-0.4, -0.2) is 49.7 Å². The Morgan fingerprint density at radius 2 is 1.57 bits per heavy atom. The predicted molar refractivity (Wildman–Crippen MR) is 82.2 cm³/mol. The van der Waals surface area contributed by atoms with E-state index in [1.165, 1.54) is 0 Å². The first-order chi connectivity index (χ1) is 10.0. The fourth-order valence-corrected chi connectivity index (χ4v) is 7.77. The molecule has 4 rings (SSSR count). The largest absolute Gasteiger partial charge is 0.328 e. The Balaban J connectivity index is 1.45. The summed E-state index contributed by atoms with van der Waals surface area (Å²) in [7, 11) is -3.10. The third kappa shape index (κ3) is 2.54. The molecule has 0 radical (unpaired) electrons. The van der Waals surface area contributed by atoms with E-state index < -0.39 is 10.0 Å². The number of sulfonamides is 1. The first-order valence-electron chi connectivity index (χ1n) is 8.50. The molecule has 6 atom stereocenters. The molecule has 1 aliphatic carbocycles. The topological polar surface area (TPSA) is 75.4 Å². The molecule has 0 aromatic rings. The summed E-state index contributed by atoms with van der Waals surface area (Å²) in [6, 6.07) is 0.573. The number of fused-ring (bicyclic) bond motifs is 3. The summed E-state index contributed by atoms with van der Waals surface area (Å²) in [6.45, 7) is 2.18. The second-order valence-electron chi connectivity index (χ2n) is 7.74. The Hall–Kier alpha value is -0.170.